The Balaban J connectivity index is 1.97. The number of aryl methyl sites for hydroxylation is 1. The van der Waals surface area contributed by atoms with Gasteiger partial charge in [0.2, 0.25) is 0 Å². The van der Waals surface area contributed by atoms with Crippen molar-refractivity contribution in [3.63, 3.8) is 0 Å². The molecule has 0 spiro atoms. The second-order valence-corrected chi connectivity index (χ2v) is 4.45. The zero-order valence-corrected chi connectivity index (χ0v) is 10.9. The minimum atomic E-state index is 0.614. The van der Waals surface area contributed by atoms with E-state index in [1.165, 1.54) is 16.7 Å². The van der Waals surface area contributed by atoms with Gasteiger partial charge in [-0.1, -0.05) is 42.0 Å². The van der Waals surface area contributed by atoms with Crippen LogP contribution in [-0.2, 0) is 13.2 Å². The fourth-order valence-corrected chi connectivity index (χ4v) is 1.80. The van der Waals surface area contributed by atoms with E-state index in [0.29, 0.717) is 6.61 Å². The van der Waals surface area contributed by atoms with E-state index in [9.17, 15) is 0 Å². The summed E-state index contributed by atoms with van der Waals surface area (Å²) in [7, 11) is 1.94. The van der Waals surface area contributed by atoms with E-state index in [4.69, 9.17) is 4.74 Å². The molecule has 2 heteroatoms. The normalized spacial score (nSPS) is 10.3. The van der Waals surface area contributed by atoms with Crippen LogP contribution in [0.2, 0.25) is 0 Å². The van der Waals surface area contributed by atoms with Crippen LogP contribution in [0.1, 0.15) is 16.7 Å². The van der Waals surface area contributed by atoms with Crippen molar-refractivity contribution < 1.29 is 4.74 Å². The molecular weight excluding hydrogens is 222 g/mol. The largest absolute Gasteiger partial charge is 0.489 e. The van der Waals surface area contributed by atoms with E-state index in [2.05, 4.69) is 48.6 Å². The average molecular weight is 241 g/mol. The highest BCUT2D eigenvalue weighted by Crippen LogP contribution is 2.15. The van der Waals surface area contributed by atoms with Crippen LogP contribution in [0.5, 0.6) is 5.75 Å². The molecule has 0 fully saturated rings. The van der Waals surface area contributed by atoms with Gasteiger partial charge in [-0.15, -0.1) is 0 Å². The fourth-order valence-electron chi connectivity index (χ4n) is 1.80. The molecule has 1 N–H and O–H groups in total. The van der Waals surface area contributed by atoms with Gasteiger partial charge in [0.25, 0.3) is 0 Å². The van der Waals surface area contributed by atoms with Gasteiger partial charge in [0.15, 0.2) is 0 Å². The fraction of sp³-hybridized carbons (Fsp3) is 0.250. The second kappa shape index (κ2) is 6.22. The first kappa shape index (κ1) is 12.7. The Morgan fingerprint density at radius 3 is 2.50 bits per heavy atom. The van der Waals surface area contributed by atoms with Crippen molar-refractivity contribution in [2.24, 2.45) is 0 Å². The molecule has 18 heavy (non-hydrogen) atoms. The van der Waals surface area contributed by atoms with Crippen LogP contribution in [-0.4, -0.2) is 7.05 Å². The number of hydrogen-bond acceptors (Lipinski definition) is 2. The molecule has 0 aliphatic heterocycles. The lowest BCUT2D eigenvalue weighted by molar-refractivity contribution is 0.306. The van der Waals surface area contributed by atoms with E-state index in [0.717, 1.165) is 12.3 Å². The third kappa shape index (κ3) is 3.60. The Morgan fingerprint density at radius 1 is 1.00 bits per heavy atom. The summed E-state index contributed by atoms with van der Waals surface area (Å²) < 4.78 is 5.79. The van der Waals surface area contributed by atoms with Gasteiger partial charge in [0.05, 0.1) is 0 Å². The maximum absolute atomic E-state index is 5.79. The molecule has 0 aromatic heterocycles. The molecule has 0 unspecified atom stereocenters. The predicted molar refractivity (Wildman–Crippen MR) is 74.7 cm³/mol. The number of hydrogen-bond donors (Lipinski definition) is 1. The molecule has 2 aromatic carbocycles. The van der Waals surface area contributed by atoms with Crippen molar-refractivity contribution in [1.82, 2.24) is 5.32 Å². The minimum absolute atomic E-state index is 0.614. The van der Waals surface area contributed by atoms with Crippen LogP contribution in [0, 0.1) is 6.92 Å². The third-order valence-electron chi connectivity index (χ3n) is 2.81. The minimum Gasteiger partial charge on any atom is -0.489 e. The monoisotopic (exact) mass is 241 g/mol. The second-order valence-electron chi connectivity index (χ2n) is 4.45. The molecule has 2 nitrogen and oxygen atoms in total. The summed E-state index contributed by atoms with van der Waals surface area (Å²) in [6.45, 7) is 3.57. The molecule has 2 rings (SSSR count). The van der Waals surface area contributed by atoms with E-state index in [1.807, 2.05) is 19.2 Å². The van der Waals surface area contributed by atoms with Crippen molar-refractivity contribution in [1.29, 1.82) is 0 Å². The van der Waals surface area contributed by atoms with Crippen LogP contribution < -0.4 is 10.1 Å². The highest BCUT2D eigenvalue weighted by atomic mass is 16.5. The Bertz CT molecular complexity index is 491. The van der Waals surface area contributed by atoms with Crippen molar-refractivity contribution in [2.75, 3.05) is 7.05 Å². The molecule has 0 heterocycles. The molecule has 94 valence electrons. The average Bonchev–Trinajstić information content (AvgIpc) is 2.39. The SMILES string of the molecule is CNCc1cccc(OCc2ccc(C)cc2)c1. The highest BCUT2D eigenvalue weighted by molar-refractivity contribution is 5.29. The molecule has 0 aliphatic rings. The van der Waals surface area contributed by atoms with Crippen molar-refractivity contribution in [3.05, 3.63) is 65.2 Å². The first-order valence-corrected chi connectivity index (χ1v) is 6.20. The van der Waals surface area contributed by atoms with Gasteiger partial charge in [-0.2, -0.15) is 0 Å². The molecule has 0 bridgehead atoms. The van der Waals surface area contributed by atoms with Gasteiger partial charge in [-0.05, 0) is 37.2 Å². The molecular formula is C16H19NO. The van der Waals surface area contributed by atoms with Crippen LogP contribution in [0.4, 0.5) is 0 Å². The zero-order chi connectivity index (χ0) is 12.8. The van der Waals surface area contributed by atoms with Gasteiger partial charge in [-0.25, -0.2) is 0 Å². The number of nitrogens with one attached hydrogen (secondary N) is 1. The van der Waals surface area contributed by atoms with E-state index < -0.39 is 0 Å². The maximum atomic E-state index is 5.79. The standard InChI is InChI=1S/C16H19NO/c1-13-6-8-14(9-7-13)12-18-16-5-3-4-15(10-16)11-17-2/h3-10,17H,11-12H2,1-2H3. The van der Waals surface area contributed by atoms with Crippen molar-refractivity contribution in [3.8, 4) is 5.75 Å². The van der Waals surface area contributed by atoms with Crippen LogP contribution in [0.25, 0.3) is 0 Å². The van der Waals surface area contributed by atoms with Crippen LogP contribution >= 0.6 is 0 Å². The highest BCUT2D eigenvalue weighted by Gasteiger charge is 1.98. The van der Waals surface area contributed by atoms with E-state index in [1.54, 1.807) is 0 Å². The quantitative estimate of drug-likeness (QED) is 0.867. The molecule has 0 atom stereocenters. The first-order valence-electron chi connectivity index (χ1n) is 6.20. The third-order valence-corrected chi connectivity index (χ3v) is 2.81. The van der Waals surface area contributed by atoms with Crippen LogP contribution in [0.3, 0.4) is 0 Å². The Morgan fingerprint density at radius 2 is 1.78 bits per heavy atom. The van der Waals surface area contributed by atoms with Crippen molar-refractivity contribution in [2.45, 2.75) is 20.1 Å². The molecule has 0 amide bonds. The zero-order valence-electron chi connectivity index (χ0n) is 10.9. The summed E-state index contributed by atoms with van der Waals surface area (Å²) in [6, 6.07) is 16.6. The maximum Gasteiger partial charge on any atom is 0.120 e. The lowest BCUT2D eigenvalue weighted by Crippen LogP contribution is -2.05. The summed E-state index contributed by atoms with van der Waals surface area (Å²) in [5.74, 6) is 0.920. The van der Waals surface area contributed by atoms with E-state index in [-0.39, 0.29) is 0 Å². The van der Waals surface area contributed by atoms with Gasteiger partial charge < -0.3 is 10.1 Å². The number of rotatable bonds is 5. The molecule has 0 aliphatic carbocycles. The molecule has 0 saturated carbocycles. The number of ether oxygens (including phenoxy) is 1. The van der Waals surface area contributed by atoms with E-state index >= 15 is 0 Å². The Hall–Kier alpha value is -1.80. The summed E-state index contributed by atoms with van der Waals surface area (Å²) in [5, 5.41) is 3.14. The van der Waals surface area contributed by atoms with Gasteiger partial charge in [-0.3, -0.25) is 0 Å². The lowest BCUT2D eigenvalue weighted by atomic mass is 10.2. The molecule has 0 saturated heterocycles. The lowest BCUT2D eigenvalue weighted by Gasteiger charge is -2.08. The Kier molecular flexibility index (Phi) is 4.37. The van der Waals surface area contributed by atoms with Gasteiger partial charge >= 0.3 is 0 Å². The smallest absolute Gasteiger partial charge is 0.120 e. The van der Waals surface area contributed by atoms with Gasteiger partial charge in [0, 0.05) is 6.54 Å². The summed E-state index contributed by atoms with van der Waals surface area (Å²) in [4.78, 5) is 0. The molecule has 0 radical (unpaired) electrons. The Labute approximate surface area is 109 Å². The van der Waals surface area contributed by atoms with Gasteiger partial charge in [0.1, 0.15) is 12.4 Å². The van der Waals surface area contributed by atoms with Crippen molar-refractivity contribution >= 4 is 0 Å². The number of benzene rings is 2. The summed E-state index contributed by atoms with van der Waals surface area (Å²) in [6.07, 6.45) is 0. The topological polar surface area (TPSA) is 21.3 Å². The predicted octanol–water partition coefficient (Wildman–Crippen LogP) is 3.29. The van der Waals surface area contributed by atoms with Crippen LogP contribution in [0.15, 0.2) is 48.5 Å². The molecule has 2 aromatic rings. The summed E-state index contributed by atoms with van der Waals surface area (Å²) in [5.41, 5.74) is 3.70. The first-order chi connectivity index (χ1) is 8.78. The summed E-state index contributed by atoms with van der Waals surface area (Å²) >= 11 is 0.